The maximum Gasteiger partial charge on any atom is 0.407 e. The van der Waals surface area contributed by atoms with Crippen LogP contribution >= 0.6 is 0 Å². The van der Waals surface area contributed by atoms with Crippen LogP contribution in [0.5, 0.6) is 0 Å². The summed E-state index contributed by atoms with van der Waals surface area (Å²) >= 11 is 0. The van der Waals surface area contributed by atoms with Gasteiger partial charge in [-0.1, -0.05) is 71.0 Å². The van der Waals surface area contributed by atoms with E-state index in [0.29, 0.717) is 13.0 Å². The summed E-state index contributed by atoms with van der Waals surface area (Å²) in [5.41, 5.74) is 12.8. The van der Waals surface area contributed by atoms with Crippen LogP contribution < -0.4 is 26.2 Å². The van der Waals surface area contributed by atoms with Crippen LogP contribution in [0, 0.1) is 5.92 Å². The van der Waals surface area contributed by atoms with E-state index in [-0.39, 0.29) is 29.3 Å². The molecule has 9 heteroatoms. The van der Waals surface area contributed by atoms with Gasteiger partial charge in [0.25, 0.3) is 0 Å². The average Bonchev–Trinajstić information content (AvgIpc) is 3.72. The Labute approximate surface area is 278 Å². The second-order valence-electron chi connectivity index (χ2n) is 14.1. The monoisotopic (exact) mass is 639 g/mol. The van der Waals surface area contributed by atoms with Crippen molar-refractivity contribution in [3.05, 3.63) is 89.5 Å². The van der Waals surface area contributed by atoms with Gasteiger partial charge in [0.05, 0.1) is 19.2 Å². The number of amides is 3. The topological polar surface area (TPSA) is 117 Å². The predicted octanol–water partition coefficient (Wildman–Crippen LogP) is 6.64. The molecule has 0 saturated carbocycles. The Bertz CT molecular complexity index is 1550. The van der Waals surface area contributed by atoms with Gasteiger partial charge >= 0.3 is 6.09 Å². The minimum atomic E-state index is -0.878. The molecule has 4 atom stereocenters. The largest absolute Gasteiger partial charge is 0.453 e. The zero-order chi connectivity index (χ0) is 33.9. The maximum atomic E-state index is 13.3. The molecule has 9 nitrogen and oxygen atoms in total. The van der Waals surface area contributed by atoms with Gasteiger partial charge in [-0.15, -0.1) is 0 Å². The number of alkyl carbamates (subject to hydrolysis) is 1. The number of methoxy groups -OCH3 is 1. The molecule has 3 amide bonds. The van der Waals surface area contributed by atoms with E-state index in [2.05, 4.69) is 107 Å². The van der Waals surface area contributed by atoms with E-state index in [1.165, 1.54) is 29.5 Å². The van der Waals surface area contributed by atoms with Gasteiger partial charge in [-0.05, 0) is 90.1 Å². The van der Waals surface area contributed by atoms with Crippen LogP contribution in [0.1, 0.15) is 89.1 Å². The lowest BCUT2D eigenvalue weighted by atomic mass is 9.87. The number of anilines is 3. The Morgan fingerprint density at radius 2 is 1.38 bits per heavy atom. The molecule has 2 heterocycles. The number of nitrogens with two attached hydrogens (primary N) is 1. The van der Waals surface area contributed by atoms with Gasteiger partial charge in [0.15, 0.2) is 0 Å². The number of nitrogens with one attached hydrogen (secondary N) is 2. The van der Waals surface area contributed by atoms with Crippen LogP contribution in [-0.4, -0.2) is 43.6 Å². The maximum absolute atomic E-state index is 13.3. The summed E-state index contributed by atoms with van der Waals surface area (Å²) in [7, 11) is 1.24. The number of ether oxygens (including phenoxy) is 1. The summed E-state index contributed by atoms with van der Waals surface area (Å²) in [6.07, 6.45) is 2.79. The Kier molecular flexibility index (Phi) is 10.1. The number of hydrogen-bond donors (Lipinski definition) is 3. The Morgan fingerprint density at radius 1 is 0.830 bits per heavy atom. The lowest BCUT2D eigenvalue weighted by molar-refractivity contribution is -0.132. The van der Waals surface area contributed by atoms with Crippen molar-refractivity contribution in [3.8, 4) is 0 Å². The Hall–Kier alpha value is -4.53. The molecule has 0 bridgehead atoms. The van der Waals surface area contributed by atoms with Crippen LogP contribution in [0.4, 0.5) is 21.9 Å². The first-order valence-corrected chi connectivity index (χ1v) is 16.7. The fourth-order valence-electron chi connectivity index (χ4n) is 6.92. The summed E-state index contributed by atoms with van der Waals surface area (Å²) in [6.45, 7) is 11.0. The van der Waals surface area contributed by atoms with Crippen molar-refractivity contribution in [1.29, 1.82) is 0 Å². The molecule has 0 aromatic heterocycles. The molecule has 2 fully saturated rings. The highest BCUT2D eigenvalue weighted by Crippen LogP contribution is 2.47. The predicted molar refractivity (Wildman–Crippen MR) is 187 cm³/mol. The highest BCUT2D eigenvalue weighted by atomic mass is 16.5. The van der Waals surface area contributed by atoms with E-state index < -0.39 is 24.1 Å². The Morgan fingerprint density at radius 3 is 1.91 bits per heavy atom. The smallest absolute Gasteiger partial charge is 0.407 e. The fraction of sp³-hybridized carbons (Fsp3) is 0.447. The first-order chi connectivity index (χ1) is 22.4. The third kappa shape index (κ3) is 7.56. The van der Waals surface area contributed by atoms with Crippen molar-refractivity contribution >= 4 is 35.0 Å². The van der Waals surface area contributed by atoms with Crippen LogP contribution in [0.15, 0.2) is 72.8 Å². The van der Waals surface area contributed by atoms with Gasteiger partial charge < -0.3 is 25.6 Å². The molecule has 0 spiro atoms. The Balaban J connectivity index is 1.35. The number of rotatable bonds is 8. The molecule has 250 valence electrons. The van der Waals surface area contributed by atoms with Crippen LogP contribution in [-0.2, 0) is 19.7 Å². The normalized spacial score (nSPS) is 20.3. The molecular formula is C38H49N5O4. The van der Waals surface area contributed by atoms with Gasteiger partial charge in [0.1, 0.15) is 12.1 Å². The molecule has 0 unspecified atom stereocenters. The summed E-state index contributed by atoms with van der Waals surface area (Å²) in [6, 6.07) is 24.8. The van der Waals surface area contributed by atoms with E-state index in [0.717, 1.165) is 30.6 Å². The summed E-state index contributed by atoms with van der Waals surface area (Å²) in [4.78, 5) is 42.7. The van der Waals surface area contributed by atoms with E-state index in [4.69, 9.17) is 5.73 Å². The standard InChI is InChI=1S/C38H49N5O4/c1-24(2)34(40-37(46)47-6)36(45)41-35(44)33-8-7-23-42(33)29-17-11-26(12-18-29)32-22-21-31(25-9-15-28(39)16-10-25)43(32)30-19-13-27(14-20-30)38(3,4)5/h9-20,24,31-34H,7-8,21-23,39H2,1-6H3,(H,40,46)(H,41,44,45)/t31-,32-,33-,34-/m0/s1. The van der Waals surface area contributed by atoms with Crippen LogP contribution in [0.2, 0.25) is 0 Å². The number of hydrogen-bond acceptors (Lipinski definition) is 7. The number of benzene rings is 3. The highest BCUT2D eigenvalue weighted by Gasteiger charge is 2.37. The van der Waals surface area contributed by atoms with Gasteiger partial charge in [-0.25, -0.2) is 4.79 Å². The summed E-state index contributed by atoms with van der Waals surface area (Å²) in [5.74, 6) is -1.12. The third-order valence-electron chi connectivity index (χ3n) is 9.56. The first kappa shape index (κ1) is 33.8. The number of nitrogen functional groups attached to an aromatic ring is 1. The van der Waals surface area contributed by atoms with Crippen molar-refractivity contribution in [1.82, 2.24) is 10.6 Å². The summed E-state index contributed by atoms with van der Waals surface area (Å²) < 4.78 is 4.66. The quantitative estimate of drug-likeness (QED) is 0.237. The van der Waals surface area contributed by atoms with Gasteiger partial charge in [0, 0.05) is 23.6 Å². The lowest BCUT2D eigenvalue weighted by Gasteiger charge is -2.34. The molecule has 0 aliphatic carbocycles. The van der Waals surface area contributed by atoms with Gasteiger partial charge in [-0.2, -0.15) is 0 Å². The molecule has 3 aromatic carbocycles. The fourth-order valence-corrected chi connectivity index (χ4v) is 6.92. The minimum absolute atomic E-state index is 0.0723. The molecule has 2 saturated heterocycles. The van der Waals surface area contributed by atoms with Gasteiger partial charge in [0.2, 0.25) is 11.8 Å². The number of carbonyl (C=O) groups excluding carboxylic acids is 3. The van der Waals surface area contributed by atoms with Gasteiger partial charge in [-0.3, -0.25) is 14.9 Å². The lowest BCUT2D eigenvalue weighted by Crippen LogP contribution is -2.54. The first-order valence-electron chi connectivity index (χ1n) is 16.7. The zero-order valence-corrected chi connectivity index (χ0v) is 28.5. The molecule has 2 aliphatic rings. The van der Waals surface area contributed by atoms with E-state index >= 15 is 0 Å². The van der Waals surface area contributed by atoms with E-state index in [1.54, 1.807) is 13.8 Å². The third-order valence-corrected chi connectivity index (χ3v) is 9.56. The molecule has 2 aliphatic heterocycles. The molecule has 0 radical (unpaired) electrons. The van der Waals surface area contributed by atoms with Crippen LogP contribution in [0.3, 0.4) is 0 Å². The molecular weight excluding hydrogens is 590 g/mol. The zero-order valence-electron chi connectivity index (χ0n) is 28.5. The highest BCUT2D eigenvalue weighted by molar-refractivity contribution is 6.02. The molecule has 47 heavy (non-hydrogen) atoms. The number of carbonyl (C=O) groups is 3. The van der Waals surface area contributed by atoms with Crippen molar-refractivity contribution in [2.45, 2.75) is 89.9 Å². The molecule has 5 rings (SSSR count). The SMILES string of the molecule is COC(=O)N[C@H](C(=O)NC(=O)[C@@H]1CCCN1c1ccc([C@@H]2CC[C@@H](c3ccc(N)cc3)N2c2ccc(C(C)(C)C)cc2)cc1)C(C)C. The second-order valence-corrected chi connectivity index (χ2v) is 14.1. The van der Waals surface area contributed by atoms with Crippen molar-refractivity contribution in [3.63, 3.8) is 0 Å². The van der Waals surface area contributed by atoms with Crippen molar-refractivity contribution in [2.75, 3.05) is 29.2 Å². The minimum Gasteiger partial charge on any atom is -0.453 e. The molecule has 3 aromatic rings. The number of nitrogens with zero attached hydrogens (tertiary/aromatic N) is 2. The summed E-state index contributed by atoms with van der Waals surface area (Å²) in [5, 5.41) is 5.07. The van der Waals surface area contributed by atoms with E-state index in [1.807, 2.05) is 12.1 Å². The van der Waals surface area contributed by atoms with E-state index in [9.17, 15) is 14.4 Å². The van der Waals surface area contributed by atoms with Crippen molar-refractivity contribution in [2.24, 2.45) is 5.92 Å². The average molecular weight is 640 g/mol. The molecule has 4 N–H and O–H groups in total. The van der Waals surface area contributed by atoms with Crippen molar-refractivity contribution < 1.29 is 19.1 Å². The van der Waals surface area contributed by atoms with Crippen LogP contribution in [0.25, 0.3) is 0 Å². The number of imide groups is 1. The second kappa shape index (κ2) is 14.1.